The van der Waals surface area contributed by atoms with Crippen LogP contribution in [-0.4, -0.2) is 36.4 Å². The lowest BCUT2D eigenvalue weighted by molar-refractivity contribution is 0.207. The van der Waals surface area contributed by atoms with E-state index in [0.29, 0.717) is 47.5 Å². The van der Waals surface area contributed by atoms with Gasteiger partial charge in [-0.3, -0.25) is 5.84 Å². The monoisotopic (exact) mass is 407 g/mol. The molecule has 156 valence electrons. The molecule has 2 aromatic carbocycles. The zero-order valence-corrected chi connectivity index (χ0v) is 16.6. The zero-order valence-electron chi connectivity index (χ0n) is 16.6. The van der Waals surface area contributed by atoms with E-state index in [2.05, 4.69) is 20.7 Å². The van der Waals surface area contributed by atoms with E-state index in [1.54, 1.807) is 43.6 Å². The standard InChI is InChI=1S/C20H25N9O/c1-30-10-9-29(18-4-2-3-15(22)14(18)12-21)19-7-8-25-20(27-19)26-13-5-6-16(23)17(11-13)28-24/h2-8,11-12,21,28H,9-10,22-24H2,1H3,(H,25,26,27). The molecule has 0 aliphatic carbocycles. The smallest absolute Gasteiger partial charge is 0.229 e. The molecule has 1 aromatic heterocycles. The molecule has 10 heteroatoms. The van der Waals surface area contributed by atoms with Crippen LogP contribution in [0, 0.1) is 5.41 Å². The van der Waals surface area contributed by atoms with Crippen LogP contribution in [0.4, 0.5) is 40.2 Å². The van der Waals surface area contributed by atoms with E-state index in [0.717, 1.165) is 11.4 Å². The summed E-state index contributed by atoms with van der Waals surface area (Å²) >= 11 is 0. The number of hydrogen-bond donors (Lipinski definition) is 6. The van der Waals surface area contributed by atoms with E-state index < -0.39 is 0 Å². The first-order valence-corrected chi connectivity index (χ1v) is 9.19. The van der Waals surface area contributed by atoms with Gasteiger partial charge in [-0.25, -0.2) is 4.98 Å². The van der Waals surface area contributed by atoms with Crippen LogP contribution >= 0.6 is 0 Å². The highest BCUT2D eigenvalue weighted by atomic mass is 16.5. The lowest BCUT2D eigenvalue weighted by Crippen LogP contribution is -2.24. The molecular formula is C20H25N9O. The molecule has 0 bridgehead atoms. The van der Waals surface area contributed by atoms with Crippen LogP contribution in [0.25, 0.3) is 0 Å². The lowest BCUT2D eigenvalue weighted by Gasteiger charge is -2.26. The van der Waals surface area contributed by atoms with Crippen molar-refractivity contribution < 1.29 is 4.74 Å². The highest BCUT2D eigenvalue weighted by Crippen LogP contribution is 2.30. The number of methoxy groups -OCH3 is 1. The molecular weight excluding hydrogens is 382 g/mol. The molecule has 3 rings (SSSR count). The van der Waals surface area contributed by atoms with Crippen molar-refractivity contribution in [3.05, 3.63) is 54.2 Å². The summed E-state index contributed by atoms with van der Waals surface area (Å²) in [6.07, 6.45) is 2.89. The van der Waals surface area contributed by atoms with Gasteiger partial charge in [0, 0.05) is 43.0 Å². The Labute approximate surface area is 174 Å². The van der Waals surface area contributed by atoms with E-state index in [1.165, 1.54) is 6.21 Å². The number of nitrogens with zero attached hydrogens (tertiary/aromatic N) is 3. The minimum Gasteiger partial charge on any atom is -0.398 e. The van der Waals surface area contributed by atoms with Crippen LogP contribution in [0.1, 0.15) is 5.56 Å². The molecule has 0 atom stereocenters. The summed E-state index contributed by atoms with van der Waals surface area (Å²) in [7, 11) is 1.63. The number of hydrazine groups is 1. The number of nitrogens with two attached hydrogens (primary N) is 3. The first-order valence-electron chi connectivity index (χ1n) is 9.19. The maximum absolute atomic E-state index is 7.77. The minimum absolute atomic E-state index is 0.392. The molecule has 0 amide bonds. The molecule has 30 heavy (non-hydrogen) atoms. The van der Waals surface area contributed by atoms with E-state index in [-0.39, 0.29) is 0 Å². The number of nitrogens with one attached hydrogen (secondary N) is 3. The Morgan fingerprint density at radius 2 is 2.00 bits per heavy atom. The second-order valence-electron chi connectivity index (χ2n) is 6.38. The molecule has 0 radical (unpaired) electrons. The van der Waals surface area contributed by atoms with Crippen molar-refractivity contribution >= 4 is 46.4 Å². The molecule has 10 nitrogen and oxygen atoms in total. The first kappa shape index (κ1) is 20.8. The lowest BCUT2D eigenvalue weighted by atomic mass is 10.1. The second kappa shape index (κ2) is 9.54. The van der Waals surface area contributed by atoms with Crippen LogP contribution in [0.15, 0.2) is 48.7 Å². The van der Waals surface area contributed by atoms with E-state index >= 15 is 0 Å². The maximum atomic E-state index is 7.77. The third-order valence-corrected chi connectivity index (χ3v) is 4.45. The molecule has 0 fully saturated rings. The van der Waals surface area contributed by atoms with Crippen molar-refractivity contribution in [1.29, 1.82) is 5.41 Å². The third kappa shape index (κ3) is 4.57. The number of aromatic nitrogens is 2. The van der Waals surface area contributed by atoms with Crippen LogP contribution in [0.3, 0.4) is 0 Å². The molecule has 0 aliphatic heterocycles. The predicted octanol–water partition coefficient (Wildman–Crippen LogP) is 2.45. The molecule has 0 spiro atoms. The SMILES string of the molecule is COCCN(c1ccnc(Nc2ccc(N)c(NN)c2)n1)c1cccc(N)c1C=N. The van der Waals surface area contributed by atoms with Crippen LogP contribution in [0.5, 0.6) is 0 Å². The van der Waals surface area contributed by atoms with Gasteiger partial charge in [-0.1, -0.05) is 6.07 Å². The van der Waals surface area contributed by atoms with Gasteiger partial charge in [-0.15, -0.1) is 0 Å². The number of hydrogen-bond acceptors (Lipinski definition) is 10. The minimum atomic E-state index is 0.392. The summed E-state index contributed by atoms with van der Waals surface area (Å²) in [4.78, 5) is 10.9. The largest absolute Gasteiger partial charge is 0.398 e. The Bertz CT molecular complexity index is 1020. The number of rotatable bonds is 9. The maximum Gasteiger partial charge on any atom is 0.229 e. The summed E-state index contributed by atoms with van der Waals surface area (Å²) < 4.78 is 5.26. The Balaban J connectivity index is 1.96. The zero-order chi connectivity index (χ0) is 21.5. The Morgan fingerprint density at radius 3 is 2.73 bits per heavy atom. The quantitative estimate of drug-likeness (QED) is 0.135. The van der Waals surface area contributed by atoms with Gasteiger partial charge in [0.1, 0.15) is 5.82 Å². The molecule has 9 N–H and O–H groups in total. The summed E-state index contributed by atoms with van der Waals surface area (Å²) in [6.45, 7) is 0.975. The number of benzene rings is 2. The highest BCUT2D eigenvalue weighted by Gasteiger charge is 2.16. The molecule has 0 unspecified atom stereocenters. The van der Waals surface area contributed by atoms with Crippen molar-refractivity contribution in [2.45, 2.75) is 0 Å². The average Bonchev–Trinajstić information content (AvgIpc) is 2.76. The summed E-state index contributed by atoms with van der Waals surface area (Å²) in [5.74, 6) is 6.51. The van der Waals surface area contributed by atoms with Gasteiger partial charge in [0.2, 0.25) is 5.95 Å². The van der Waals surface area contributed by atoms with E-state index in [9.17, 15) is 0 Å². The summed E-state index contributed by atoms with van der Waals surface area (Å²) in [6, 6.07) is 12.6. The van der Waals surface area contributed by atoms with Crippen molar-refractivity contribution in [3.8, 4) is 0 Å². The number of ether oxygens (including phenoxy) is 1. The van der Waals surface area contributed by atoms with Crippen LogP contribution in [0.2, 0.25) is 0 Å². The molecule has 3 aromatic rings. The van der Waals surface area contributed by atoms with Gasteiger partial charge in [0.25, 0.3) is 0 Å². The molecule has 0 saturated heterocycles. The first-order chi connectivity index (χ1) is 14.6. The fraction of sp³-hybridized carbons (Fsp3) is 0.150. The highest BCUT2D eigenvalue weighted by molar-refractivity contribution is 5.94. The van der Waals surface area contributed by atoms with E-state index in [4.69, 9.17) is 27.5 Å². The van der Waals surface area contributed by atoms with Gasteiger partial charge in [-0.05, 0) is 36.4 Å². The van der Waals surface area contributed by atoms with Gasteiger partial charge >= 0.3 is 0 Å². The second-order valence-corrected chi connectivity index (χ2v) is 6.38. The molecule has 0 aliphatic rings. The molecule has 1 heterocycles. The topological polar surface area (TPSA) is 164 Å². The fourth-order valence-corrected chi connectivity index (χ4v) is 2.95. The molecule has 0 saturated carbocycles. The van der Waals surface area contributed by atoms with Gasteiger partial charge in [-0.2, -0.15) is 4.98 Å². The summed E-state index contributed by atoms with van der Waals surface area (Å²) in [5.41, 5.74) is 18.2. The predicted molar refractivity (Wildman–Crippen MR) is 122 cm³/mol. The Hall–Kier alpha value is -3.89. The summed E-state index contributed by atoms with van der Waals surface area (Å²) in [5, 5.41) is 10.9. The Kier molecular flexibility index (Phi) is 6.63. The van der Waals surface area contributed by atoms with Crippen molar-refractivity contribution in [2.24, 2.45) is 5.84 Å². The third-order valence-electron chi connectivity index (χ3n) is 4.45. The van der Waals surface area contributed by atoms with E-state index in [1.807, 2.05) is 17.0 Å². The number of nitrogen functional groups attached to an aromatic ring is 3. The van der Waals surface area contributed by atoms with Crippen LogP contribution < -0.4 is 33.0 Å². The Morgan fingerprint density at radius 1 is 1.17 bits per heavy atom. The fourth-order valence-electron chi connectivity index (χ4n) is 2.95. The van der Waals surface area contributed by atoms with Crippen molar-refractivity contribution in [2.75, 3.05) is 47.4 Å². The van der Waals surface area contributed by atoms with Gasteiger partial charge < -0.3 is 37.3 Å². The van der Waals surface area contributed by atoms with Gasteiger partial charge in [0.15, 0.2) is 0 Å². The normalized spacial score (nSPS) is 10.5. The average molecular weight is 407 g/mol. The van der Waals surface area contributed by atoms with Crippen molar-refractivity contribution in [1.82, 2.24) is 9.97 Å². The van der Waals surface area contributed by atoms with Gasteiger partial charge in [0.05, 0.1) is 23.7 Å². The van der Waals surface area contributed by atoms with Crippen LogP contribution in [-0.2, 0) is 4.74 Å². The number of anilines is 7. The van der Waals surface area contributed by atoms with Crippen molar-refractivity contribution in [3.63, 3.8) is 0 Å².